The van der Waals surface area contributed by atoms with Gasteiger partial charge in [0.15, 0.2) is 0 Å². The zero-order valence-corrected chi connectivity index (χ0v) is 5.92. The van der Waals surface area contributed by atoms with Crippen LogP contribution in [-0.2, 0) is 16.5 Å². The molecular formula is C8H8Ni. The monoisotopic (exact) mass is 162 g/mol. The van der Waals surface area contributed by atoms with Gasteiger partial charge >= 0.3 is 0 Å². The first-order chi connectivity index (χ1) is 4.00. The molecule has 0 bridgehead atoms. The predicted octanol–water partition coefficient (Wildman–Crippen LogP) is 2.22. The van der Waals surface area contributed by atoms with E-state index in [0.717, 1.165) is 0 Å². The maximum Gasteiger partial charge on any atom is 0 e. The SMILES string of the molecule is C1=CC=CC=CC=C1.[Ni]. The van der Waals surface area contributed by atoms with Gasteiger partial charge in [-0.15, -0.1) is 0 Å². The third-order valence-electron chi connectivity index (χ3n) is 0.889. The molecule has 0 aromatic rings. The van der Waals surface area contributed by atoms with Crippen LogP contribution in [0.25, 0.3) is 0 Å². The minimum Gasteiger partial charge on any atom is -0.0623 e. The van der Waals surface area contributed by atoms with E-state index in [-0.39, 0.29) is 16.5 Å². The van der Waals surface area contributed by atoms with Crippen molar-refractivity contribution in [3.8, 4) is 0 Å². The fraction of sp³-hybridized carbons (Fsp3) is 0. The first-order valence-electron chi connectivity index (χ1n) is 2.67. The van der Waals surface area contributed by atoms with E-state index in [2.05, 4.69) is 0 Å². The largest absolute Gasteiger partial charge is 0.0623 e. The number of hydrogen-bond donors (Lipinski definition) is 0. The molecule has 0 saturated carbocycles. The molecule has 0 amide bonds. The van der Waals surface area contributed by atoms with E-state index in [9.17, 15) is 0 Å². The van der Waals surface area contributed by atoms with Crippen molar-refractivity contribution in [3.05, 3.63) is 48.6 Å². The Morgan fingerprint density at radius 1 is 0.333 bits per heavy atom. The van der Waals surface area contributed by atoms with Crippen molar-refractivity contribution in [1.29, 1.82) is 0 Å². The summed E-state index contributed by atoms with van der Waals surface area (Å²) in [5.41, 5.74) is 0. The Kier molecular flexibility index (Phi) is 5.25. The molecular weight excluding hydrogens is 155 g/mol. The molecule has 50 valence electrons. The molecule has 0 radical (unpaired) electrons. The second-order valence-corrected chi connectivity index (χ2v) is 1.54. The van der Waals surface area contributed by atoms with Crippen molar-refractivity contribution in [3.63, 3.8) is 0 Å². The van der Waals surface area contributed by atoms with E-state index in [4.69, 9.17) is 0 Å². The molecule has 0 aromatic carbocycles. The standard InChI is InChI=1S/C8H8.Ni/c1-2-4-6-8-7-5-3-1;/h1-8H;. The zero-order chi connectivity index (χ0) is 5.66. The van der Waals surface area contributed by atoms with Crippen molar-refractivity contribution in [1.82, 2.24) is 0 Å². The average Bonchev–Trinajstić information content (AvgIpc) is 1.62. The summed E-state index contributed by atoms with van der Waals surface area (Å²) in [5.74, 6) is 0. The van der Waals surface area contributed by atoms with Gasteiger partial charge in [-0.2, -0.15) is 0 Å². The van der Waals surface area contributed by atoms with Crippen molar-refractivity contribution in [2.45, 2.75) is 0 Å². The number of rotatable bonds is 0. The molecule has 0 unspecified atom stereocenters. The molecule has 1 aliphatic carbocycles. The molecule has 0 aliphatic heterocycles. The van der Waals surface area contributed by atoms with E-state index in [1.165, 1.54) is 0 Å². The van der Waals surface area contributed by atoms with Crippen LogP contribution in [-0.4, -0.2) is 0 Å². The fourth-order valence-corrected chi connectivity index (χ4v) is 0.513. The van der Waals surface area contributed by atoms with Crippen LogP contribution in [0.3, 0.4) is 0 Å². The summed E-state index contributed by atoms with van der Waals surface area (Å²) >= 11 is 0. The van der Waals surface area contributed by atoms with Crippen LogP contribution in [0.15, 0.2) is 48.6 Å². The maximum absolute atomic E-state index is 2.00. The van der Waals surface area contributed by atoms with Crippen LogP contribution in [0, 0.1) is 0 Å². The molecule has 1 aliphatic rings. The van der Waals surface area contributed by atoms with Crippen LogP contribution in [0.4, 0.5) is 0 Å². The van der Waals surface area contributed by atoms with Gasteiger partial charge in [-0.3, -0.25) is 0 Å². The van der Waals surface area contributed by atoms with Gasteiger partial charge in [0, 0.05) is 16.5 Å². The van der Waals surface area contributed by atoms with Gasteiger partial charge in [0.2, 0.25) is 0 Å². The van der Waals surface area contributed by atoms with Gasteiger partial charge in [-0.05, 0) is 0 Å². The van der Waals surface area contributed by atoms with Gasteiger partial charge in [0.25, 0.3) is 0 Å². The fourth-order valence-electron chi connectivity index (χ4n) is 0.513. The van der Waals surface area contributed by atoms with E-state index >= 15 is 0 Å². The van der Waals surface area contributed by atoms with Gasteiger partial charge in [-0.25, -0.2) is 0 Å². The minimum atomic E-state index is 0. The van der Waals surface area contributed by atoms with Gasteiger partial charge in [-0.1, -0.05) is 48.6 Å². The molecule has 0 heterocycles. The molecule has 9 heavy (non-hydrogen) atoms. The summed E-state index contributed by atoms with van der Waals surface area (Å²) in [6, 6.07) is 0. The third-order valence-corrected chi connectivity index (χ3v) is 0.889. The van der Waals surface area contributed by atoms with Crippen molar-refractivity contribution >= 4 is 0 Å². The molecule has 0 aromatic heterocycles. The molecule has 0 saturated heterocycles. The van der Waals surface area contributed by atoms with Crippen LogP contribution in [0.5, 0.6) is 0 Å². The molecule has 1 rings (SSSR count). The molecule has 0 nitrogen and oxygen atoms in total. The van der Waals surface area contributed by atoms with Gasteiger partial charge in [0.05, 0.1) is 0 Å². The number of allylic oxidation sites excluding steroid dienone is 8. The molecule has 0 N–H and O–H groups in total. The van der Waals surface area contributed by atoms with E-state index in [1.807, 2.05) is 48.6 Å². The predicted molar refractivity (Wildman–Crippen MR) is 36.6 cm³/mol. The summed E-state index contributed by atoms with van der Waals surface area (Å²) < 4.78 is 0. The maximum atomic E-state index is 2.00. The quantitative estimate of drug-likeness (QED) is 0.480. The van der Waals surface area contributed by atoms with E-state index in [0.29, 0.717) is 0 Å². The van der Waals surface area contributed by atoms with Crippen LogP contribution in [0.2, 0.25) is 0 Å². The van der Waals surface area contributed by atoms with Crippen LogP contribution < -0.4 is 0 Å². The minimum absolute atomic E-state index is 0. The Morgan fingerprint density at radius 3 is 0.556 bits per heavy atom. The van der Waals surface area contributed by atoms with Gasteiger partial charge < -0.3 is 0 Å². The first-order valence-corrected chi connectivity index (χ1v) is 2.67. The van der Waals surface area contributed by atoms with Crippen LogP contribution >= 0.6 is 0 Å². The Hall–Kier alpha value is -0.546. The molecule has 0 spiro atoms. The van der Waals surface area contributed by atoms with E-state index < -0.39 is 0 Å². The Morgan fingerprint density at radius 2 is 0.444 bits per heavy atom. The Balaban J connectivity index is 0.000000640. The molecule has 0 atom stereocenters. The van der Waals surface area contributed by atoms with Gasteiger partial charge in [0.1, 0.15) is 0 Å². The van der Waals surface area contributed by atoms with Crippen molar-refractivity contribution in [2.24, 2.45) is 0 Å². The zero-order valence-electron chi connectivity index (χ0n) is 4.94. The number of hydrogen-bond acceptors (Lipinski definition) is 0. The Bertz CT molecular complexity index is 105. The van der Waals surface area contributed by atoms with Crippen LogP contribution in [0.1, 0.15) is 0 Å². The van der Waals surface area contributed by atoms with E-state index in [1.54, 1.807) is 0 Å². The second kappa shape index (κ2) is 5.59. The smallest absolute Gasteiger partial charge is 0 e. The van der Waals surface area contributed by atoms with Crippen molar-refractivity contribution in [2.75, 3.05) is 0 Å². The third kappa shape index (κ3) is 3.99. The summed E-state index contributed by atoms with van der Waals surface area (Å²) in [6.07, 6.45) is 16.0. The normalized spacial score (nSPS) is 14.2. The molecule has 1 heteroatoms. The second-order valence-electron chi connectivity index (χ2n) is 1.54. The van der Waals surface area contributed by atoms with Crippen molar-refractivity contribution < 1.29 is 16.5 Å². The molecule has 0 fully saturated rings. The summed E-state index contributed by atoms with van der Waals surface area (Å²) in [7, 11) is 0. The first kappa shape index (κ1) is 8.45. The Labute approximate surface area is 65.6 Å². The topological polar surface area (TPSA) is 0 Å². The summed E-state index contributed by atoms with van der Waals surface area (Å²) in [6.45, 7) is 0. The summed E-state index contributed by atoms with van der Waals surface area (Å²) in [5, 5.41) is 0. The average molecular weight is 163 g/mol. The summed E-state index contributed by atoms with van der Waals surface area (Å²) in [4.78, 5) is 0.